The second-order valence-electron chi connectivity index (χ2n) is 3.52. The normalized spacial score (nSPS) is 10.2. The number of Topliss-reactive ketones (excluding diaryl/α,β-unsaturated/α-hetero) is 1. The number of ether oxygens (including phenoxy) is 1. The molecule has 1 heterocycles. The van der Waals surface area contributed by atoms with Crippen molar-refractivity contribution in [3.63, 3.8) is 0 Å². The number of fused-ring (bicyclic) bond motifs is 1. The molecule has 17 heavy (non-hydrogen) atoms. The van der Waals surface area contributed by atoms with Crippen molar-refractivity contribution in [1.29, 1.82) is 5.26 Å². The van der Waals surface area contributed by atoms with Gasteiger partial charge in [-0.15, -0.1) is 0 Å². The van der Waals surface area contributed by atoms with Crippen LogP contribution in [0, 0.1) is 17.1 Å². The molecule has 0 amide bonds. The number of aromatic nitrogens is 1. The Bertz CT molecular complexity index is 625. The van der Waals surface area contributed by atoms with Crippen molar-refractivity contribution in [2.24, 2.45) is 0 Å². The Morgan fingerprint density at radius 3 is 2.94 bits per heavy atom. The number of nitriles is 1. The molecule has 0 aliphatic heterocycles. The van der Waals surface area contributed by atoms with Gasteiger partial charge in [-0.05, 0) is 12.1 Å². The molecule has 5 heteroatoms. The zero-order valence-electron chi connectivity index (χ0n) is 9.08. The second-order valence-corrected chi connectivity index (χ2v) is 3.52. The number of hydrogen-bond acceptors (Lipinski definition) is 3. The maximum Gasteiger partial charge on any atom is 0.193 e. The molecule has 2 rings (SSSR count). The minimum atomic E-state index is -0.499. The molecule has 0 unspecified atom stereocenters. The Hall–Kier alpha value is -2.35. The molecule has 0 saturated heterocycles. The van der Waals surface area contributed by atoms with Crippen LogP contribution >= 0.6 is 0 Å². The summed E-state index contributed by atoms with van der Waals surface area (Å²) in [5, 5.41) is 9.11. The molecule has 4 nitrogen and oxygen atoms in total. The van der Waals surface area contributed by atoms with Crippen LogP contribution in [0.2, 0.25) is 0 Å². The number of aromatic amines is 1. The van der Waals surface area contributed by atoms with E-state index in [9.17, 15) is 9.18 Å². The highest BCUT2D eigenvalue weighted by molar-refractivity contribution is 6.00. The van der Waals surface area contributed by atoms with Crippen LogP contribution in [-0.4, -0.2) is 17.9 Å². The molecule has 0 saturated carbocycles. The van der Waals surface area contributed by atoms with Gasteiger partial charge in [-0.3, -0.25) is 4.79 Å². The maximum atomic E-state index is 13.4. The zero-order chi connectivity index (χ0) is 12.4. The average Bonchev–Trinajstić information content (AvgIpc) is 2.71. The van der Waals surface area contributed by atoms with E-state index in [1.165, 1.54) is 19.2 Å². The number of hydrogen-bond donors (Lipinski definition) is 1. The number of nitrogens with one attached hydrogen (secondary N) is 1. The first kappa shape index (κ1) is 11.1. The largest absolute Gasteiger partial charge is 0.494 e. The molecule has 2 aromatic rings. The van der Waals surface area contributed by atoms with Gasteiger partial charge in [0.2, 0.25) is 0 Å². The summed E-state index contributed by atoms with van der Waals surface area (Å²) in [5.41, 5.74) is 0.804. The van der Waals surface area contributed by atoms with Crippen LogP contribution < -0.4 is 4.74 Å². The van der Waals surface area contributed by atoms with Crippen LogP contribution in [-0.2, 0) is 0 Å². The fraction of sp³-hybridized carbons (Fsp3) is 0.167. The van der Waals surface area contributed by atoms with E-state index in [2.05, 4.69) is 4.98 Å². The third-order valence-corrected chi connectivity index (χ3v) is 2.43. The Morgan fingerprint density at radius 1 is 1.53 bits per heavy atom. The lowest BCUT2D eigenvalue weighted by atomic mass is 10.2. The lowest BCUT2D eigenvalue weighted by molar-refractivity contribution is 0.0994. The molecule has 1 aromatic carbocycles. The van der Waals surface area contributed by atoms with E-state index in [-0.39, 0.29) is 18.0 Å². The zero-order valence-corrected chi connectivity index (χ0v) is 9.08. The van der Waals surface area contributed by atoms with Crippen LogP contribution in [0.5, 0.6) is 5.75 Å². The molecule has 86 valence electrons. The molecule has 0 radical (unpaired) electrons. The van der Waals surface area contributed by atoms with E-state index in [1.807, 2.05) is 0 Å². The summed E-state index contributed by atoms with van der Waals surface area (Å²) in [6.07, 6.45) is -0.202. The van der Waals surface area contributed by atoms with Crippen LogP contribution in [0.15, 0.2) is 18.2 Å². The fourth-order valence-electron chi connectivity index (χ4n) is 1.61. The van der Waals surface area contributed by atoms with E-state index >= 15 is 0 Å². The highest BCUT2D eigenvalue weighted by Gasteiger charge is 2.11. The van der Waals surface area contributed by atoms with E-state index < -0.39 is 5.82 Å². The van der Waals surface area contributed by atoms with Crippen molar-refractivity contribution < 1.29 is 13.9 Å². The first-order valence-corrected chi connectivity index (χ1v) is 4.92. The van der Waals surface area contributed by atoms with Crippen LogP contribution in [0.25, 0.3) is 10.9 Å². The number of nitrogens with zero attached hydrogens (tertiary/aromatic N) is 1. The summed E-state index contributed by atoms with van der Waals surface area (Å²) in [6.45, 7) is 0. The van der Waals surface area contributed by atoms with Crippen LogP contribution in [0.3, 0.4) is 0 Å². The minimum Gasteiger partial charge on any atom is -0.494 e. The number of carbonyl (C=O) groups excluding carboxylic acids is 1. The standard InChI is InChI=1S/C12H9FN2O2/c1-17-12-5-7-4-10(11(16)2-3-14)15-9(7)6-8(12)13/h4-6,15H,2H2,1H3. The predicted molar refractivity (Wildman–Crippen MR) is 59.4 cm³/mol. The van der Waals surface area contributed by atoms with E-state index in [4.69, 9.17) is 10.00 Å². The Kier molecular flexibility index (Phi) is 2.79. The van der Waals surface area contributed by atoms with E-state index in [0.717, 1.165) is 0 Å². The van der Waals surface area contributed by atoms with Crippen molar-refractivity contribution in [3.8, 4) is 11.8 Å². The quantitative estimate of drug-likeness (QED) is 0.826. The van der Waals surface area contributed by atoms with E-state index in [1.54, 1.807) is 12.1 Å². The third-order valence-electron chi connectivity index (χ3n) is 2.43. The summed E-state index contributed by atoms with van der Waals surface area (Å²) in [7, 11) is 1.37. The lowest BCUT2D eigenvalue weighted by Crippen LogP contribution is -1.96. The van der Waals surface area contributed by atoms with Crippen molar-refractivity contribution in [3.05, 3.63) is 29.7 Å². The summed E-state index contributed by atoms with van der Waals surface area (Å²) < 4.78 is 18.2. The Balaban J connectivity index is 2.51. The van der Waals surface area contributed by atoms with Gasteiger partial charge in [-0.2, -0.15) is 5.26 Å². The smallest absolute Gasteiger partial charge is 0.193 e. The van der Waals surface area contributed by atoms with Crippen molar-refractivity contribution in [2.45, 2.75) is 6.42 Å². The molecule has 0 aliphatic rings. The van der Waals surface area contributed by atoms with Gasteiger partial charge in [0.15, 0.2) is 17.3 Å². The molecular formula is C12H9FN2O2. The van der Waals surface area contributed by atoms with Gasteiger partial charge in [0, 0.05) is 17.0 Å². The molecule has 0 bridgehead atoms. The van der Waals surface area contributed by atoms with Gasteiger partial charge in [0.25, 0.3) is 0 Å². The van der Waals surface area contributed by atoms with Gasteiger partial charge in [0.05, 0.1) is 18.9 Å². The van der Waals surface area contributed by atoms with Crippen molar-refractivity contribution in [1.82, 2.24) is 4.98 Å². The second kappa shape index (κ2) is 4.26. The number of ketones is 1. The molecule has 0 spiro atoms. The average molecular weight is 232 g/mol. The fourth-order valence-corrected chi connectivity index (χ4v) is 1.61. The maximum absolute atomic E-state index is 13.4. The Labute approximate surface area is 96.6 Å². The lowest BCUT2D eigenvalue weighted by Gasteiger charge is -2.00. The number of rotatable bonds is 3. The highest BCUT2D eigenvalue weighted by atomic mass is 19.1. The van der Waals surface area contributed by atoms with E-state index in [0.29, 0.717) is 16.6 Å². The molecule has 1 N–H and O–H groups in total. The first-order valence-electron chi connectivity index (χ1n) is 4.92. The molecule has 1 aromatic heterocycles. The predicted octanol–water partition coefficient (Wildman–Crippen LogP) is 2.41. The van der Waals surface area contributed by atoms with Crippen molar-refractivity contribution >= 4 is 16.7 Å². The van der Waals surface area contributed by atoms with Gasteiger partial charge in [-0.1, -0.05) is 0 Å². The first-order chi connectivity index (χ1) is 8.15. The monoisotopic (exact) mass is 232 g/mol. The number of carbonyl (C=O) groups is 1. The Morgan fingerprint density at radius 2 is 2.29 bits per heavy atom. The SMILES string of the molecule is COc1cc2cc(C(=O)CC#N)[nH]c2cc1F. The minimum absolute atomic E-state index is 0.121. The summed E-state index contributed by atoms with van der Waals surface area (Å²) in [6, 6.07) is 6.12. The number of halogens is 1. The van der Waals surface area contributed by atoms with Gasteiger partial charge in [-0.25, -0.2) is 4.39 Å². The van der Waals surface area contributed by atoms with Crippen molar-refractivity contribution in [2.75, 3.05) is 7.11 Å². The number of benzene rings is 1. The molecule has 0 fully saturated rings. The topological polar surface area (TPSA) is 65.9 Å². The third kappa shape index (κ3) is 1.97. The number of H-pyrrole nitrogens is 1. The summed E-state index contributed by atoms with van der Waals surface area (Å²) in [5.74, 6) is -0.694. The molecule has 0 aliphatic carbocycles. The summed E-state index contributed by atoms with van der Waals surface area (Å²) >= 11 is 0. The molecule has 0 atom stereocenters. The van der Waals surface area contributed by atoms with Crippen LogP contribution in [0.4, 0.5) is 4.39 Å². The van der Waals surface area contributed by atoms with Gasteiger partial charge >= 0.3 is 0 Å². The highest BCUT2D eigenvalue weighted by Crippen LogP contribution is 2.25. The summed E-state index contributed by atoms with van der Waals surface area (Å²) in [4.78, 5) is 14.3. The number of methoxy groups -OCH3 is 1. The molecular weight excluding hydrogens is 223 g/mol. The van der Waals surface area contributed by atoms with Crippen LogP contribution in [0.1, 0.15) is 16.9 Å². The van der Waals surface area contributed by atoms with Gasteiger partial charge in [0.1, 0.15) is 6.42 Å². The van der Waals surface area contributed by atoms with Gasteiger partial charge < -0.3 is 9.72 Å².